The van der Waals surface area contributed by atoms with Crippen molar-refractivity contribution in [3.63, 3.8) is 0 Å². The Morgan fingerprint density at radius 2 is 1.45 bits per heavy atom. The van der Waals surface area contributed by atoms with Crippen LogP contribution in [-0.4, -0.2) is 41.1 Å². The molecule has 0 aliphatic carbocycles. The Labute approximate surface area is 180 Å². The molecule has 1 N–H and O–H groups in total. The zero-order valence-electron chi connectivity index (χ0n) is 17.6. The molecular weight excluding hydrogens is 400 g/mol. The molecule has 0 bridgehead atoms. The van der Waals surface area contributed by atoms with Gasteiger partial charge in [0.05, 0.1) is 11.4 Å². The van der Waals surface area contributed by atoms with Crippen LogP contribution in [0.15, 0.2) is 48.5 Å². The van der Waals surface area contributed by atoms with Crippen molar-refractivity contribution in [2.45, 2.75) is 51.5 Å². The van der Waals surface area contributed by atoms with Crippen molar-refractivity contribution in [1.82, 2.24) is 0 Å². The Kier molecular flexibility index (Phi) is 5.08. The third-order valence-electron chi connectivity index (χ3n) is 5.26. The number of fused-ring (bicyclic) bond motifs is 2. The Hall–Kier alpha value is -3.55. The van der Waals surface area contributed by atoms with Crippen LogP contribution in [0.5, 0.6) is 0 Å². The topological polar surface area (TPSA) is 96.4 Å². The Morgan fingerprint density at radius 1 is 0.903 bits per heavy atom. The predicted molar refractivity (Wildman–Crippen MR) is 113 cm³/mol. The molecule has 2 aromatic carbocycles. The van der Waals surface area contributed by atoms with Gasteiger partial charge in [0.1, 0.15) is 11.6 Å². The van der Waals surface area contributed by atoms with Crippen molar-refractivity contribution in [2.75, 3.05) is 9.80 Å². The van der Waals surface area contributed by atoms with Gasteiger partial charge in [0.2, 0.25) is 0 Å². The first-order chi connectivity index (χ1) is 14.7. The summed E-state index contributed by atoms with van der Waals surface area (Å²) < 4.78 is 10.6. The number of ether oxygens (including phenoxy) is 2. The normalized spacial score (nSPS) is 19.6. The lowest BCUT2D eigenvalue weighted by Gasteiger charge is -2.32. The van der Waals surface area contributed by atoms with Crippen LogP contribution >= 0.6 is 0 Å². The van der Waals surface area contributed by atoms with Gasteiger partial charge in [0, 0.05) is 12.8 Å². The van der Waals surface area contributed by atoms with Crippen LogP contribution in [0, 0.1) is 0 Å². The predicted octanol–water partition coefficient (Wildman–Crippen LogP) is 3.96. The van der Waals surface area contributed by atoms with E-state index in [1.807, 2.05) is 24.3 Å². The summed E-state index contributed by atoms with van der Waals surface area (Å²) in [5, 5.41) is 9.18. The van der Waals surface area contributed by atoms with E-state index in [4.69, 9.17) is 9.47 Å². The highest BCUT2D eigenvalue weighted by Gasteiger charge is 2.46. The summed E-state index contributed by atoms with van der Waals surface area (Å²) in [7, 11) is 0. The van der Waals surface area contributed by atoms with E-state index in [1.165, 1.54) is 9.80 Å². The number of hydrogen-bond donors (Lipinski definition) is 1. The molecular formula is C23H24N2O6. The molecule has 0 fully saturated rings. The molecule has 2 atom stereocenters. The standard InChI is InChI=1S/C23H24N2O6/c1-23(2,3)31-21(27)24-16-10-6-4-8-14(16)12-18(24)20(26)25-17-11-7-5-9-15(17)13-19(25)30-22(28)29/h4-11,18-19H,12-13H2,1-3H3,(H,28,29)/t18-,19+/m1/s1. The van der Waals surface area contributed by atoms with Gasteiger partial charge in [-0.05, 0) is 44.0 Å². The summed E-state index contributed by atoms with van der Waals surface area (Å²) in [6.07, 6.45) is -2.53. The average Bonchev–Trinajstić information content (AvgIpc) is 3.23. The number of anilines is 2. The average molecular weight is 424 g/mol. The molecule has 162 valence electrons. The minimum absolute atomic E-state index is 0.250. The molecule has 8 nitrogen and oxygen atoms in total. The number of benzene rings is 2. The molecule has 2 aliphatic heterocycles. The number of hydrogen-bond acceptors (Lipinski definition) is 5. The highest BCUT2D eigenvalue weighted by Crippen LogP contribution is 2.38. The van der Waals surface area contributed by atoms with Gasteiger partial charge in [-0.25, -0.2) is 9.59 Å². The molecule has 2 heterocycles. The first-order valence-electron chi connectivity index (χ1n) is 10.1. The molecule has 0 saturated heterocycles. The molecule has 4 rings (SSSR count). The van der Waals surface area contributed by atoms with Crippen LogP contribution in [0.2, 0.25) is 0 Å². The summed E-state index contributed by atoms with van der Waals surface area (Å²) in [5.74, 6) is -0.418. The van der Waals surface area contributed by atoms with E-state index in [1.54, 1.807) is 45.0 Å². The van der Waals surface area contributed by atoms with E-state index in [2.05, 4.69) is 0 Å². The van der Waals surface area contributed by atoms with Crippen LogP contribution in [0.3, 0.4) is 0 Å². The van der Waals surface area contributed by atoms with E-state index in [9.17, 15) is 19.5 Å². The molecule has 8 heteroatoms. The van der Waals surface area contributed by atoms with Crippen molar-refractivity contribution in [2.24, 2.45) is 0 Å². The van der Waals surface area contributed by atoms with Crippen molar-refractivity contribution in [1.29, 1.82) is 0 Å². The molecule has 0 unspecified atom stereocenters. The summed E-state index contributed by atoms with van der Waals surface area (Å²) in [5.41, 5.74) is 2.10. The van der Waals surface area contributed by atoms with Crippen molar-refractivity contribution in [3.8, 4) is 0 Å². The van der Waals surface area contributed by atoms with E-state index in [0.29, 0.717) is 17.8 Å². The SMILES string of the molecule is CC(C)(C)OC(=O)N1c2ccccc2C[C@@H]1C(=O)N1c2ccccc2C[C@@H]1OC(=O)O. The zero-order chi connectivity index (χ0) is 22.3. The molecule has 31 heavy (non-hydrogen) atoms. The Balaban J connectivity index is 1.72. The fourth-order valence-corrected chi connectivity index (χ4v) is 4.11. The van der Waals surface area contributed by atoms with Gasteiger partial charge in [-0.1, -0.05) is 36.4 Å². The smallest absolute Gasteiger partial charge is 0.450 e. The lowest BCUT2D eigenvalue weighted by molar-refractivity contribution is -0.121. The van der Waals surface area contributed by atoms with Crippen LogP contribution in [0.4, 0.5) is 21.0 Å². The number of carboxylic acid groups (broad SMARTS) is 1. The quantitative estimate of drug-likeness (QED) is 0.733. The molecule has 0 saturated carbocycles. The minimum atomic E-state index is -1.46. The first-order valence-corrected chi connectivity index (χ1v) is 10.1. The van der Waals surface area contributed by atoms with Gasteiger partial charge < -0.3 is 14.6 Å². The molecule has 2 aliphatic rings. The maximum Gasteiger partial charge on any atom is 0.507 e. The van der Waals surface area contributed by atoms with E-state index in [-0.39, 0.29) is 6.42 Å². The van der Waals surface area contributed by atoms with Gasteiger partial charge >= 0.3 is 12.2 Å². The number of carbonyl (C=O) groups is 3. The van der Waals surface area contributed by atoms with Crippen molar-refractivity contribution < 1.29 is 29.0 Å². The Bertz CT molecular complexity index is 1040. The number of nitrogens with zero attached hydrogens (tertiary/aromatic N) is 2. The first kappa shape index (κ1) is 20.7. The molecule has 0 aromatic heterocycles. The second-order valence-electron chi connectivity index (χ2n) is 8.58. The highest BCUT2D eigenvalue weighted by atomic mass is 16.7. The van der Waals surface area contributed by atoms with E-state index in [0.717, 1.165) is 11.1 Å². The number of para-hydroxylation sites is 2. The van der Waals surface area contributed by atoms with E-state index < -0.39 is 36.0 Å². The summed E-state index contributed by atoms with van der Waals surface area (Å²) in [6, 6.07) is 13.6. The van der Waals surface area contributed by atoms with Gasteiger partial charge in [0.25, 0.3) is 5.91 Å². The molecule has 2 amide bonds. The van der Waals surface area contributed by atoms with E-state index >= 15 is 0 Å². The third kappa shape index (κ3) is 3.93. The van der Waals surface area contributed by atoms with Gasteiger partial charge in [-0.15, -0.1) is 0 Å². The third-order valence-corrected chi connectivity index (χ3v) is 5.26. The van der Waals surface area contributed by atoms with Crippen LogP contribution < -0.4 is 9.80 Å². The van der Waals surface area contributed by atoms with Crippen LogP contribution in [0.1, 0.15) is 31.9 Å². The minimum Gasteiger partial charge on any atom is -0.450 e. The van der Waals surface area contributed by atoms with Crippen LogP contribution in [-0.2, 0) is 27.1 Å². The number of amides is 2. The number of rotatable bonds is 2. The summed E-state index contributed by atoms with van der Waals surface area (Å²) in [4.78, 5) is 40.8. The number of carbonyl (C=O) groups excluding carboxylic acids is 2. The Morgan fingerprint density at radius 3 is 2.03 bits per heavy atom. The lowest BCUT2D eigenvalue weighted by atomic mass is 10.1. The monoisotopic (exact) mass is 424 g/mol. The van der Waals surface area contributed by atoms with Crippen molar-refractivity contribution >= 4 is 29.5 Å². The lowest BCUT2D eigenvalue weighted by Crippen LogP contribution is -2.53. The van der Waals surface area contributed by atoms with Gasteiger partial charge in [0.15, 0.2) is 6.23 Å². The zero-order valence-corrected chi connectivity index (χ0v) is 17.6. The summed E-state index contributed by atoms with van der Waals surface area (Å²) in [6.45, 7) is 5.28. The molecule has 0 radical (unpaired) electrons. The second-order valence-corrected chi connectivity index (χ2v) is 8.58. The maximum absolute atomic E-state index is 13.8. The fraction of sp³-hybridized carbons (Fsp3) is 0.348. The fourth-order valence-electron chi connectivity index (χ4n) is 4.11. The second kappa shape index (κ2) is 7.61. The maximum atomic E-state index is 13.8. The van der Waals surface area contributed by atoms with Gasteiger partial charge in [-0.3, -0.25) is 14.6 Å². The molecule has 0 spiro atoms. The summed E-state index contributed by atoms with van der Waals surface area (Å²) >= 11 is 0. The highest BCUT2D eigenvalue weighted by molar-refractivity contribution is 6.07. The van der Waals surface area contributed by atoms with Crippen molar-refractivity contribution in [3.05, 3.63) is 59.7 Å². The van der Waals surface area contributed by atoms with Crippen LogP contribution in [0.25, 0.3) is 0 Å². The van der Waals surface area contributed by atoms with Gasteiger partial charge in [-0.2, -0.15) is 0 Å². The largest absolute Gasteiger partial charge is 0.507 e. The molecule has 2 aromatic rings.